The molecule has 1 unspecified atom stereocenters. The Morgan fingerprint density at radius 2 is 2.07 bits per heavy atom. The number of nitrogens with one attached hydrogen (secondary N) is 2. The summed E-state index contributed by atoms with van der Waals surface area (Å²) in [5.74, 6) is 1.41. The average molecular weight is 376 g/mol. The highest BCUT2D eigenvalue weighted by Gasteiger charge is 2.22. The highest BCUT2D eigenvalue weighted by atomic mass is 16.5. The van der Waals surface area contributed by atoms with Crippen molar-refractivity contribution in [2.24, 2.45) is 12.0 Å². The lowest BCUT2D eigenvalue weighted by Crippen LogP contribution is -2.32. The van der Waals surface area contributed by atoms with Gasteiger partial charge in [0, 0.05) is 13.1 Å². The number of rotatable bonds is 4. The number of methoxy groups -OCH3 is 1. The van der Waals surface area contributed by atoms with E-state index in [9.17, 15) is 0 Å². The molecule has 28 heavy (non-hydrogen) atoms. The Kier molecular flexibility index (Phi) is 4.86. The molecule has 6 heteroatoms. The molecule has 2 N–H and O–H groups in total. The number of ether oxygens (including phenoxy) is 1. The Labute approximate surface area is 165 Å². The maximum atomic E-state index is 5.55. The van der Waals surface area contributed by atoms with E-state index < -0.39 is 0 Å². The van der Waals surface area contributed by atoms with Crippen molar-refractivity contribution in [2.45, 2.75) is 32.7 Å². The molecule has 2 aromatic heterocycles. The summed E-state index contributed by atoms with van der Waals surface area (Å²) in [7, 11) is 3.61. The topological polar surface area (TPSA) is 66.2 Å². The zero-order valence-electron chi connectivity index (χ0n) is 16.8. The number of hydrogen-bond donors (Lipinski definition) is 2. The largest absolute Gasteiger partial charge is 0.481 e. The molecule has 0 aliphatic heterocycles. The standard InChI is InChI=1S/C22H25N5O/c1-14-21(15(2)27(3)26-14)25-22(28-4)17-10-12-20(23-13-17)24-19-11-9-16-7-5-6-8-18(16)19/h5-8,10,12-13,19H,9,11H2,1-4H3,(H,23,24,25)/p+1. The first-order valence-corrected chi connectivity index (χ1v) is 9.55. The summed E-state index contributed by atoms with van der Waals surface area (Å²) in [6, 6.07) is 12.9. The van der Waals surface area contributed by atoms with Crippen LogP contribution in [0, 0.1) is 13.8 Å². The van der Waals surface area contributed by atoms with Gasteiger partial charge in [-0.05, 0) is 43.0 Å². The molecule has 0 fully saturated rings. The van der Waals surface area contributed by atoms with Crippen molar-refractivity contribution in [1.29, 1.82) is 0 Å². The van der Waals surface area contributed by atoms with Crippen LogP contribution in [0.3, 0.4) is 0 Å². The molecule has 2 heterocycles. The molecular weight excluding hydrogens is 350 g/mol. The van der Waals surface area contributed by atoms with Crippen LogP contribution in [0.4, 0.5) is 11.5 Å². The van der Waals surface area contributed by atoms with Gasteiger partial charge in [-0.1, -0.05) is 24.3 Å². The summed E-state index contributed by atoms with van der Waals surface area (Å²) in [5.41, 5.74) is 6.60. The van der Waals surface area contributed by atoms with E-state index in [1.54, 1.807) is 7.11 Å². The summed E-state index contributed by atoms with van der Waals surface area (Å²) in [5, 5.41) is 6.80. The molecule has 0 amide bonds. The van der Waals surface area contributed by atoms with Crippen molar-refractivity contribution in [3.05, 3.63) is 70.7 Å². The summed E-state index contributed by atoms with van der Waals surface area (Å²) < 4.78 is 7.50. The minimum Gasteiger partial charge on any atom is -0.481 e. The van der Waals surface area contributed by atoms with Crippen LogP contribution in [-0.2, 0) is 18.2 Å². The molecule has 1 atom stereocenters. The van der Waals surface area contributed by atoms with Crippen molar-refractivity contribution in [3.63, 3.8) is 0 Å². The smallest absolute Gasteiger partial charge is 0.230 e. The molecule has 0 radical (unpaired) electrons. The first-order chi connectivity index (χ1) is 13.6. The molecule has 1 aromatic carbocycles. The van der Waals surface area contributed by atoms with E-state index in [4.69, 9.17) is 9.73 Å². The second-order valence-electron chi connectivity index (χ2n) is 7.22. The lowest BCUT2D eigenvalue weighted by atomic mass is 10.1. The lowest BCUT2D eigenvalue weighted by Gasteiger charge is -2.15. The summed E-state index contributed by atoms with van der Waals surface area (Å²) in [6.07, 6.45) is 4.01. The van der Waals surface area contributed by atoms with E-state index in [0.717, 1.165) is 41.3 Å². The Hall–Kier alpha value is -3.15. The normalized spacial score (nSPS) is 16.1. The van der Waals surface area contributed by atoms with Crippen molar-refractivity contribution < 1.29 is 9.42 Å². The Morgan fingerprint density at radius 3 is 2.75 bits per heavy atom. The molecule has 0 bridgehead atoms. The van der Waals surface area contributed by atoms with Crippen LogP contribution >= 0.6 is 0 Å². The van der Waals surface area contributed by atoms with Crippen LogP contribution in [0.15, 0.2) is 47.6 Å². The lowest BCUT2D eigenvalue weighted by molar-refractivity contribution is -0.732. The predicted molar refractivity (Wildman–Crippen MR) is 110 cm³/mol. The predicted octanol–water partition coefficient (Wildman–Crippen LogP) is 3.68. The van der Waals surface area contributed by atoms with Gasteiger partial charge in [-0.2, -0.15) is 5.10 Å². The summed E-state index contributed by atoms with van der Waals surface area (Å²) in [6.45, 7) is 4.03. The van der Waals surface area contributed by atoms with E-state index in [2.05, 4.69) is 39.7 Å². The zero-order valence-corrected chi connectivity index (χ0v) is 16.8. The van der Waals surface area contributed by atoms with E-state index in [1.165, 1.54) is 11.1 Å². The fourth-order valence-corrected chi connectivity index (χ4v) is 3.80. The minimum atomic E-state index is 0.315. The molecular formula is C22H26N5O+. The highest BCUT2D eigenvalue weighted by Crippen LogP contribution is 2.33. The van der Waals surface area contributed by atoms with Gasteiger partial charge in [-0.3, -0.25) is 0 Å². The number of benzene rings is 1. The highest BCUT2D eigenvalue weighted by molar-refractivity contribution is 5.95. The molecule has 0 spiro atoms. The van der Waals surface area contributed by atoms with Gasteiger partial charge in [0.05, 0.1) is 18.7 Å². The first kappa shape index (κ1) is 18.2. The third kappa shape index (κ3) is 3.38. The van der Waals surface area contributed by atoms with Gasteiger partial charge in [0.1, 0.15) is 11.5 Å². The summed E-state index contributed by atoms with van der Waals surface area (Å²) >= 11 is 0. The van der Waals surface area contributed by atoms with Gasteiger partial charge in [-0.15, -0.1) is 4.68 Å². The van der Waals surface area contributed by atoms with E-state index >= 15 is 0 Å². The van der Waals surface area contributed by atoms with Gasteiger partial charge in [0.25, 0.3) is 0 Å². The number of aliphatic imine (C=N–C) groups is 1. The summed E-state index contributed by atoms with van der Waals surface area (Å²) in [4.78, 5) is 9.30. The molecule has 1 aliphatic carbocycles. The van der Waals surface area contributed by atoms with Gasteiger partial charge in [0.15, 0.2) is 12.7 Å². The molecule has 0 saturated heterocycles. The number of H-pyrrole nitrogens is 1. The van der Waals surface area contributed by atoms with Gasteiger partial charge in [0.2, 0.25) is 11.6 Å². The fraction of sp³-hybridized carbons (Fsp3) is 0.318. The maximum Gasteiger partial charge on any atom is 0.230 e. The average Bonchev–Trinajstić information content (AvgIpc) is 3.22. The van der Waals surface area contributed by atoms with Crippen LogP contribution < -0.4 is 10.00 Å². The van der Waals surface area contributed by atoms with Crippen LogP contribution in [0.2, 0.25) is 0 Å². The molecule has 6 nitrogen and oxygen atoms in total. The van der Waals surface area contributed by atoms with Gasteiger partial charge < -0.3 is 10.1 Å². The van der Waals surface area contributed by atoms with Gasteiger partial charge >= 0.3 is 0 Å². The number of fused-ring (bicyclic) bond motifs is 1. The Bertz CT molecular complexity index is 1020. The Balaban J connectivity index is 1.55. The number of aromatic amines is 1. The van der Waals surface area contributed by atoms with Crippen LogP contribution in [0.1, 0.15) is 40.5 Å². The molecule has 4 rings (SSSR count). The van der Waals surface area contributed by atoms with Crippen molar-refractivity contribution in [1.82, 2.24) is 10.1 Å². The third-order valence-corrected chi connectivity index (χ3v) is 5.41. The Morgan fingerprint density at radius 1 is 1.25 bits per heavy atom. The third-order valence-electron chi connectivity index (χ3n) is 5.41. The number of nitrogens with zero attached hydrogens (tertiary/aromatic N) is 3. The van der Waals surface area contributed by atoms with Crippen LogP contribution in [-0.4, -0.2) is 23.1 Å². The molecule has 1 aliphatic rings. The van der Waals surface area contributed by atoms with Crippen molar-refractivity contribution in [2.75, 3.05) is 12.4 Å². The fourth-order valence-electron chi connectivity index (χ4n) is 3.80. The van der Waals surface area contributed by atoms with Crippen LogP contribution in [0.5, 0.6) is 0 Å². The molecule has 0 saturated carbocycles. The number of aromatic nitrogens is 3. The van der Waals surface area contributed by atoms with E-state index in [1.807, 2.05) is 43.9 Å². The number of hydrogen-bond acceptors (Lipinski definition) is 4. The van der Waals surface area contributed by atoms with Crippen molar-refractivity contribution in [3.8, 4) is 0 Å². The zero-order chi connectivity index (χ0) is 19.7. The maximum absolute atomic E-state index is 5.55. The second kappa shape index (κ2) is 7.46. The van der Waals surface area contributed by atoms with E-state index in [-0.39, 0.29) is 0 Å². The second-order valence-corrected chi connectivity index (χ2v) is 7.22. The van der Waals surface area contributed by atoms with Gasteiger partial charge in [-0.25, -0.2) is 9.98 Å². The molecule has 3 aromatic rings. The number of pyridine rings is 1. The quantitative estimate of drug-likeness (QED) is 0.415. The van der Waals surface area contributed by atoms with E-state index in [0.29, 0.717) is 11.9 Å². The monoisotopic (exact) mass is 376 g/mol. The first-order valence-electron chi connectivity index (χ1n) is 9.55. The van der Waals surface area contributed by atoms with Crippen molar-refractivity contribution >= 4 is 17.4 Å². The SMILES string of the molecule is COC(=Nc1c(C)[nH][n+](C)c1C)c1ccc(NC2CCc3ccccc32)nc1. The molecule has 144 valence electrons. The number of anilines is 1. The number of aryl methyl sites for hydroxylation is 3. The minimum absolute atomic E-state index is 0.315. The van der Waals surface area contributed by atoms with Crippen LogP contribution in [0.25, 0.3) is 0 Å².